The van der Waals surface area contributed by atoms with Gasteiger partial charge in [0, 0.05) is 25.8 Å². The van der Waals surface area contributed by atoms with Crippen LogP contribution in [0.15, 0.2) is 17.3 Å². The fraction of sp³-hybridized carbons (Fsp3) is 0.615. The van der Waals surface area contributed by atoms with Crippen molar-refractivity contribution in [2.75, 3.05) is 26.2 Å². The van der Waals surface area contributed by atoms with Crippen LogP contribution in [0.1, 0.15) is 25.5 Å². The summed E-state index contributed by atoms with van der Waals surface area (Å²) < 4.78 is 0. The highest BCUT2D eigenvalue weighted by Crippen LogP contribution is 2.06. The third-order valence-electron chi connectivity index (χ3n) is 3.18. The summed E-state index contributed by atoms with van der Waals surface area (Å²) in [6, 6.07) is 1.88. The van der Waals surface area contributed by atoms with Gasteiger partial charge in [-0.2, -0.15) is 5.10 Å². The van der Waals surface area contributed by atoms with E-state index >= 15 is 0 Å². The molecular weight excluding hydrogens is 256 g/mol. The number of carbonyl (C=O) groups is 1. The molecule has 7 heteroatoms. The van der Waals surface area contributed by atoms with Crippen molar-refractivity contribution in [1.29, 1.82) is 0 Å². The van der Waals surface area contributed by atoms with Crippen LogP contribution in [-0.2, 0) is 11.3 Å². The maximum atomic E-state index is 12.0. The van der Waals surface area contributed by atoms with Crippen LogP contribution in [0.2, 0.25) is 0 Å². The van der Waals surface area contributed by atoms with Crippen LogP contribution >= 0.6 is 0 Å². The molecule has 1 amide bonds. The van der Waals surface area contributed by atoms with Gasteiger partial charge < -0.3 is 15.5 Å². The Morgan fingerprint density at radius 1 is 1.45 bits per heavy atom. The van der Waals surface area contributed by atoms with E-state index in [4.69, 9.17) is 0 Å². The number of H-pyrrole nitrogens is 1. The molecule has 0 aliphatic carbocycles. The number of aromatic nitrogens is 2. The molecule has 1 aliphatic rings. The fourth-order valence-corrected chi connectivity index (χ4v) is 2.12. The highest BCUT2D eigenvalue weighted by molar-refractivity contribution is 5.86. The molecule has 110 valence electrons. The van der Waals surface area contributed by atoms with E-state index in [0.717, 1.165) is 38.2 Å². The molecule has 3 N–H and O–H groups in total. The SMILES string of the molecule is CCNC(=NCc1ccn[nH]1)NCC(=O)N1CCCC1. The Labute approximate surface area is 118 Å². The summed E-state index contributed by atoms with van der Waals surface area (Å²) in [6.45, 7) is 5.30. The molecule has 2 heterocycles. The van der Waals surface area contributed by atoms with Gasteiger partial charge in [-0.25, -0.2) is 4.99 Å². The molecule has 0 atom stereocenters. The van der Waals surface area contributed by atoms with E-state index in [1.54, 1.807) is 6.20 Å². The quantitative estimate of drug-likeness (QED) is 0.526. The predicted octanol–water partition coefficient (Wildman–Crippen LogP) is 0.0872. The third-order valence-corrected chi connectivity index (χ3v) is 3.18. The summed E-state index contributed by atoms with van der Waals surface area (Å²) in [5.41, 5.74) is 0.938. The lowest BCUT2D eigenvalue weighted by Crippen LogP contribution is -2.44. The zero-order chi connectivity index (χ0) is 14.2. The highest BCUT2D eigenvalue weighted by Gasteiger charge is 2.17. The highest BCUT2D eigenvalue weighted by atomic mass is 16.2. The van der Waals surface area contributed by atoms with Crippen molar-refractivity contribution in [1.82, 2.24) is 25.7 Å². The monoisotopic (exact) mass is 278 g/mol. The van der Waals surface area contributed by atoms with Crippen molar-refractivity contribution in [2.24, 2.45) is 4.99 Å². The first kappa shape index (κ1) is 14.4. The minimum absolute atomic E-state index is 0.134. The number of nitrogens with one attached hydrogen (secondary N) is 3. The lowest BCUT2D eigenvalue weighted by Gasteiger charge is -2.17. The molecular formula is C13H22N6O. The van der Waals surface area contributed by atoms with Crippen molar-refractivity contribution < 1.29 is 4.79 Å². The first-order valence-electron chi connectivity index (χ1n) is 7.08. The molecule has 2 rings (SSSR count). The van der Waals surface area contributed by atoms with Crippen molar-refractivity contribution in [3.8, 4) is 0 Å². The summed E-state index contributed by atoms with van der Waals surface area (Å²) >= 11 is 0. The van der Waals surface area contributed by atoms with E-state index in [1.165, 1.54) is 0 Å². The molecule has 1 saturated heterocycles. The average Bonchev–Trinajstić information content (AvgIpc) is 3.13. The molecule has 1 aromatic heterocycles. The number of hydrogen-bond acceptors (Lipinski definition) is 3. The van der Waals surface area contributed by atoms with Crippen molar-refractivity contribution >= 4 is 11.9 Å². The van der Waals surface area contributed by atoms with Gasteiger partial charge in [0.15, 0.2) is 5.96 Å². The number of aliphatic imine (C=N–C) groups is 1. The molecule has 0 unspecified atom stereocenters. The minimum Gasteiger partial charge on any atom is -0.357 e. The molecule has 0 saturated carbocycles. The van der Waals surface area contributed by atoms with Gasteiger partial charge in [-0.3, -0.25) is 9.89 Å². The molecule has 0 radical (unpaired) electrons. The molecule has 1 aromatic rings. The van der Waals surface area contributed by atoms with E-state index in [2.05, 4.69) is 25.8 Å². The largest absolute Gasteiger partial charge is 0.357 e. The summed E-state index contributed by atoms with van der Waals surface area (Å²) in [5, 5.41) is 12.9. The van der Waals surface area contributed by atoms with Crippen molar-refractivity contribution in [3.05, 3.63) is 18.0 Å². The third kappa shape index (κ3) is 4.25. The number of hydrogen-bond donors (Lipinski definition) is 3. The zero-order valence-electron chi connectivity index (χ0n) is 11.9. The Morgan fingerprint density at radius 3 is 2.90 bits per heavy atom. The lowest BCUT2D eigenvalue weighted by atomic mass is 10.4. The van der Waals surface area contributed by atoms with Crippen LogP contribution in [0.4, 0.5) is 0 Å². The molecule has 0 bridgehead atoms. The second-order valence-corrected chi connectivity index (χ2v) is 4.72. The number of nitrogens with zero attached hydrogens (tertiary/aromatic N) is 3. The normalized spacial score (nSPS) is 15.4. The van der Waals surface area contributed by atoms with Crippen LogP contribution in [0.5, 0.6) is 0 Å². The van der Waals surface area contributed by atoms with Gasteiger partial charge in [0.1, 0.15) is 0 Å². The molecule has 1 aliphatic heterocycles. The van der Waals surface area contributed by atoms with Crippen LogP contribution < -0.4 is 10.6 Å². The fourth-order valence-electron chi connectivity index (χ4n) is 2.12. The molecule has 1 fully saturated rings. The predicted molar refractivity (Wildman–Crippen MR) is 77.2 cm³/mol. The Morgan fingerprint density at radius 2 is 2.25 bits per heavy atom. The van der Waals surface area contributed by atoms with Gasteiger partial charge in [-0.15, -0.1) is 0 Å². The standard InChI is InChI=1S/C13H22N6O/c1-2-14-13(15-9-11-5-6-17-18-11)16-10-12(20)19-7-3-4-8-19/h5-6H,2-4,7-10H2,1H3,(H,17,18)(H2,14,15,16). The number of carbonyl (C=O) groups excluding carboxylic acids is 1. The van der Waals surface area contributed by atoms with Crippen LogP contribution in [0.25, 0.3) is 0 Å². The van der Waals surface area contributed by atoms with Crippen LogP contribution in [0.3, 0.4) is 0 Å². The summed E-state index contributed by atoms with van der Waals surface area (Å²) in [7, 11) is 0. The maximum Gasteiger partial charge on any atom is 0.241 e. The Balaban J connectivity index is 1.81. The smallest absolute Gasteiger partial charge is 0.241 e. The van der Waals surface area contributed by atoms with Crippen LogP contribution in [-0.4, -0.2) is 53.1 Å². The maximum absolute atomic E-state index is 12.0. The van der Waals surface area contributed by atoms with Gasteiger partial charge in [0.05, 0.1) is 18.8 Å². The molecule has 0 spiro atoms. The average molecular weight is 278 g/mol. The van der Waals surface area contributed by atoms with Gasteiger partial charge >= 0.3 is 0 Å². The van der Waals surface area contributed by atoms with Gasteiger partial charge in [0.2, 0.25) is 5.91 Å². The van der Waals surface area contributed by atoms with E-state index < -0.39 is 0 Å². The number of rotatable bonds is 5. The van der Waals surface area contributed by atoms with Gasteiger partial charge in [-0.05, 0) is 25.8 Å². The number of aromatic amines is 1. The van der Waals surface area contributed by atoms with Gasteiger partial charge in [-0.1, -0.05) is 0 Å². The first-order chi connectivity index (χ1) is 9.79. The summed E-state index contributed by atoms with van der Waals surface area (Å²) in [6.07, 6.45) is 3.92. The molecule has 7 nitrogen and oxygen atoms in total. The minimum atomic E-state index is 0.134. The summed E-state index contributed by atoms with van der Waals surface area (Å²) in [4.78, 5) is 18.3. The second-order valence-electron chi connectivity index (χ2n) is 4.72. The Bertz CT molecular complexity index is 436. The number of likely N-dealkylation sites (tertiary alicyclic amines) is 1. The van der Waals surface area contributed by atoms with Crippen molar-refractivity contribution in [3.63, 3.8) is 0 Å². The summed E-state index contributed by atoms with van der Waals surface area (Å²) in [5.74, 6) is 0.782. The van der Waals surface area contributed by atoms with Gasteiger partial charge in [0.25, 0.3) is 0 Å². The zero-order valence-corrected chi connectivity index (χ0v) is 11.9. The molecule has 20 heavy (non-hydrogen) atoms. The number of guanidine groups is 1. The van der Waals surface area contributed by atoms with E-state index in [9.17, 15) is 4.79 Å². The number of amides is 1. The first-order valence-corrected chi connectivity index (χ1v) is 7.08. The molecule has 0 aromatic carbocycles. The van der Waals surface area contributed by atoms with E-state index in [1.807, 2.05) is 17.9 Å². The van der Waals surface area contributed by atoms with Crippen LogP contribution in [0, 0.1) is 0 Å². The second kappa shape index (κ2) is 7.52. The van der Waals surface area contributed by atoms with E-state index in [-0.39, 0.29) is 12.5 Å². The topological polar surface area (TPSA) is 85.4 Å². The lowest BCUT2D eigenvalue weighted by molar-refractivity contribution is -0.128. The van der Waals surface area contributed by atoms with E-state index in [0.29, 0.717) is 12.5 Å². The van der Waals surface area contributed by atoms with Crippen molar-refractivity contribution in [2.45, 2.75) is 26.3 Å². The Kier molecular flexibility index (Phi) is 5.40. The Hall–Kier alpha value is -2.05.